The number of nitrogens with one attached hydrogen (secondary N) is 1. The van der Waals surface area contributed by atoms with Crippen LogP contribution in [0.25, 0.3) is 5.57 Å². The third-order valence-corrected chi connectivity index (χ3v) is 3.54. The first-order valence-electron chi connectivity index (χ1n) is 6.87. The number of amides is 2. The molecule has 0 bridgehead atoms. The predicted molar refractivity (Wildman–Crippen MR) is 82.3 cm³/mol. The highest BCUT2D eigenvalue weighted by Gasteiger charge is 2.37. The number of para-hydroxylation sites is 1. The minimum absolute atomic E-state index is 0.105. The molecule has 0 saturated heterocycles. The Kier molecular flexibility index (Phi) is 3.75. The Labute approximate surface area is 120 Å². The zero-order valence-corrected chi connectivity index (χ0v) is 12.8. The second kappa shape index (κ2) is 5.19. The van der Waals surface area contributed by atoms with Gasteiger partial charge in [-0.15, -0.1) is 0 Å². The van der Waals surface area contributed by atoms with Crippen LogP contribution in [0.3, 0.4) is 0 Å². The number of rotatable bonds is 2. The number of allylic oxidation sites excluding steroid dienone is 1. The van der Waals surface area contributed by atoms with Gasteiger partial charge < -0.3 is 10.1 Å². The summed E-state index contributed by atoms with van der Waals surface area (Å²) in [5.74, 6) is 0.717. The normalized spacial score (nSPS) is 16.2. The first-order valence-corrected chi connectivity index (χ1v) is 6.87. The quantitative estimate of drug-likeness (QED) is 0.897. The fourth-order valence-corrected chi connectivity index (χ4v) is 2.79. The summed E-state index contributed by atoms with van der Waals surface area (Å²) in [5.41, 5.74) is 2.63. The fourth-order valence-electron chi connectivity index (χ4n) is 2.79. The SMILES string of the molecule is CCNC(=O)N1c2c(OC)cccc2C(C)=CC1(C)C. The van der Waals surface area contributed by atoms with Gasteiger partial charge in [-0.05, 0) is 39.3 Å². The van der Waals surface area contributed by atoms with Gasteiger partial charge in [0.05, 0.1) is 18.3 Å². The minimum atomic E-state index is -0.398. The van der Waals surface area contributed by atoms with Gasteiger partial charge in [-0.25, -0.2) is 4.79 Å². The lowest BCUT2D eigenvalue weighted by atomic mass is 9.89. The van der Waals surface area contributed by atoms with Crippen LogP contribution >= 0.6 is 0 Å². The van der Waals surface area contributed by atoms with E-state index in [1.54, 1.807) is 12.0 Å². The summed E-state index contributed by atoms with van der Waals surface area (Å²) in [6.45, 7) is 8.63. The van der Waals surface area contributed by atoms with E-state index in [4.69, 9.17) is 4.74 Å². The Morgan fingerprint density at radius 1 is 1.40 bits per heavy atom. The molecule has 0 atom stereocenters. The van der Waals surface area contributed by atoms with Gasteiger partial charge in [-0.3, -0.25) is 4.90 Å². The molecule has 20 heavy (non-hydrogen) atoms. The van der Waals surface area contributed by atoms with E-state index < -0.39 is 5.54 Å². The van der Waals surface area contributed by atoms with Crippen LogP contribution < -0.4 is 15.0 Å². The van der Waals surface area contributed by atoms with Crippen molar-refractivity contribution in [1.82, 2.24) is 5.32 Å². The molecule has 0 unspecified atom stereocenters. The Bertz CT molecular complexity index is 562. The molecule has 0 aliphatic carbocycles. The molecule has 4 heteroatoms. The molecular formula is C16H22N2O2. The van der Waals surface area contributed by atoms with E-state index >= 15 is 0 Å². The van der Waals surface area contributed by atoms with Crippen molar-refractivity contribution < 1.29 is 9.53 Å². The van der Waals surface area contributed by atoms with E-state index in [0.717, 1.165) is 16.8 Å². The average molecular weight is 274 g/mol. The van der Waals surface area contributed by atoms with Crippen molar-refractivity contribution in [2.45, 2.75) is 33.2 Å². The van der Waals surface area contributed by atoms with Crippen LogP contribution in [0.4, 0.5) is 10.5 Å². The van der Waals surface area contributed by atoms with Gasteiger partial charge in [0.15, 0.2) is 0 Å². The highest BCUT2D eigenvalue weighted by molar-refractivity contribution is 6.01. The number of anilines is 1. The Morgan fingerprint density at radius 3 is 2.70 bits per heavy atom. The molecule has 1 aliphatic rings. The molecule has 0 spiro atoms. The Morgan fingerprint density at radius 2 is 2.10 bits per heavy atom. The number of hydrogen-bond acceptors (Lipinski definition) is 2. The number of nitrogens with zero attached hydrogens (tertiary/aromatic N) is 1. The van der Waals surface area contributed by atoms with Crippen molar-refractivity contribution in [3.63, 3.8) is 0 Å². The predicted octanol–water partition coefficient (Wildman–Crippen LogP) is 3.43. The topological polar surface area (TPSA) is 41.6 Å². The number of methoxy groups -OCH3 is 1. The van der Waals surface area contributed by atoms with Crippen LogP contribution in [0.2, 0.25) is 0 Å². The van der Waals surface area contributed by atoms with Crippen LogP contribution in [0.5, 0.6) is 5.75 Å². The number of hydrogen-bond donors (Lipinski definition) is 1. The van der Waals surface area contributed by atoms with E-state index in [2.05, 4.69) is 18.3 Å². The number of urea groups is 1. The molecule has 0 aromatic heterocycles. The van der Waals surface area contributed by atoms with Gasteiger partial charge in [0.1, 0.15) is 5.75 Å². The maximum absolute atomic E-state index is 12.5. The number of ether oxygens (including phenoxy) is 1. The van der Waals surface area contributed by atoms with Crippen molar-refractivity contribution >= 4 is 17.3 Å². The molecule has 0 fully saturated rings. The summed E-state index contributed by atoms with van der Waals surface area (Å²) in [6.07, 6.45) is 2.12. The van der Waals surface area contributed by atoms with Gasteiger partial charge in [0.2, 0.25) is 0 Å². The Balaban J connectivity index is 2.65. The lowest BCUT2D eigenvalue weighted by Crippen LogP contribution is -2.53. The van der Waals surface area contributed by atoms with Crippen molar-refractivity contribution in [2.75, 3.05) is 18.6 Å². The number of carbonyl (C=O) groups is 1. The summed E-state index contributed by atoms with van der Waals surface area (Å²) in [4.78, 5) is 14.3. The first-order chi connectivity index (χ1) is 9.42. The highest BCUT2D eigenvalue weighted by Crippen LogP contribution is 2.44. The van der Waals surface area contributed by atoms with Gasteiger partial charge >= 0.3 is 6.03 Å². The van der Waals surface area contributed by atoms with Crippen molar-refractivity contribution in [3.05, 3.63) is 29.8 Å². The van der Waals surface area contributed by atoms with Crippen LogP contribution in [0.15, 0.2) is 24.3 Å². The molecule has 108 valence electrons. The van der Waals surface area contributed by atoms with E-state index in [9.17, 15) is 4.79 Å². The smallest absolute Gasteiger partial charge is 0.322 e. The van der Waals surface area contributed by atoms with Crippen LogP contribution in [-0.4, -0.2) is 25.2 Å². The summed E-state index contributed by atoms with van der Waals surface area (Å²) < 4.78 is 5.46. The van der Waals surface area contributed by atoms with Crippen molar-refractivity contribution in [3.8, 4) is 5.75 Å². The largest absolute Gasteiger partial charge is 0.495 e. The molecule has 2 rings (SSSR count). The lowest BCUT2D eigenvalue weighted by Gasteiger charge is -2.41. The molecule has 1 aromatic carbocycles. The fraction of sp³-hybridized carbons (Fsp3) is 0.438. The standard InChI is InChI=1S/C16H22N2O2/c1-6-17-15(19)18-14-12(8-7-9-13(14)20-5)11(2)10-16(18,3)4/h7-10H,6H2,1-5H3,(H,17,19). The maximum Gasteiger partial charge on any atom is 0.322 e. The summed E-state index contributed by atoms with van der Waals surface area (Å²) in [5, 5.41) is 2.88. The van der Waals surface area contributed by atoms with Crippen molar-refractivity contribution in [1.29, 1.82) is 0 Å². The molecule has 1 N–H and O–H groups in total. The zero-order valence-electron chi connectivity index (χ0n) is 12.8. The highest BCUT2D eigenvalue weighted by atomic mass is 16.5. The number of benzene rings is 1. The van der Waals surface area contributed by atoms with Crippen LogP contribution in [0.1, 0.15) is 33.3 Å². The van der Waals surface area contributed by atoms with E-state index in [1.807, 2.05) is 39.0 Å². The molecule has 4 nitrogen and oxygen atoms in total. The molecular weight excluding hydrogens is 252 g/mol. The summed E-state index contributed by atoms with van der Waals surface area (Å²) in [7, 11) is 1.63. The number of carbonyl (C=O) groups excluding carboxylic acids is 1. The lowest BCUT2D eigenvalue weighted by molar-refractivity contribution is 0.242. The monoisotopic (exact) mass is 274 g/mol. The molecule has 1 heterocycles. The third-order valence-electron chi connectivity index (χ3n) is 3.54. The molecule has 1 aliphatic heterocycles. The van der Waals surface area contributed by atoms with Crippen LogP contribution in [0, 0.1) is 0 Å². The summed E-state index contributed by atoms with van der Waals surface area (Å²) in [6, 6.07) is 5.75. The summed E-state index contributed by atoms with van der Waals surface area (Å²) >= 11 is 0. The molecule has 2 amide bonds. The van der Waals surface area contributed by atoms with Gasteiger partial charge in [-0.2, -0.15) is 0 Å². The van der Waals surface area contributed by atoms with E-state index in [-0.39, 0.29) is 6.03 Å². The average Bonchev–Trinajstić information content (AvgIpc) is 2.37. The van der Waals surface area contributed by atoms with Gasteiger partial charge in [-0.1, -0.05) is 18.2 Å². The maximum atomic E-state index is 12.5. The van der Waals surface area contributed by atoms with Gasteiger partial charge in [0.25, 0.3) is 0 Å². The first kappa shape index (κ1) is 14.4. The zero-order chi connectivity index (χ0) is 14.9. The van der Waals surface area contributed by atoms with Gasteiger partial charge in [0, 0.05) is 12.1 Å². The second-order valence-electron chi connectivity index (χ2n) is 5.51. The van der Waals surface area contributed by atoms with E-state index in [0.29, 0.717) is 12.3 Å². The Hall–Kier alpha value is -1.97. The molecule has 1 aromatic rings. The van der Waals surface area contributed by atoms with Crippen molar-refractivity contribution in [2.24, 2.45) is 0 Å². The third kappa shape index (κ3) is 2.26. The van der Waals surface area contributed by atoms with E-state index in [1.165, 1.54) is 0 Å². The second-order valence-corrected chi connectivity index (χ2v) is 5.51. The van der Waals surface area contributed by atoms with Crippen LogP contribution in [-0.2, 0) is 0 Å². The number of fused-ring (bicyclic) bond motifs is 1. The minimum Gasteiger partial charge on any atom is -0.495 e. The molecule has 0 radical (unpaired) electrons. The molecule has 0 saturated carbocycles.